The lowest BCUT2D eigenvalue weighted by molar-refractivity contribution is -0.383. The molecule has 32 heavy (non-hydrogen) atoms. The molecule has 0 unspecified atom stereocenters. The Morgan fingerprint density at radius 2 is 1.72 bits per heavy atom. The summed E-state index contributed by atoms with van der Waals surface area (Å²) in [6.45, 7) is 3.48. The summed E-state index contributed by atoms with van der Waals surface area (Å²) in [5.41, 5.74) is 0.454. The molecule has 2 aromatic heterocycles. The monoisotopic (exact) mass is 435 g/mol. The molecule has 3 aromatic rings. The molecular formula is C21H21N7O4. The van der Waals surface area contributed by atoms with Gasteiger partial charge >= 0.3 is 5.69 Å². The van der Waals surface area contributed by atoms with Crippen molar-refractivity contribution in [1.82, 2.24) is 15.0 Å². The van der Waals surface area contributed by atoms with Crippen LogP contribution in [0.4, 0.5) is 28.8 Å². The molecule has 11 heteroatoms. The highest BCUT2D eigenvalue weighted by Crippen LogP contribution is 2.37. The number of rotatable bonds is 5. The van der Waals surface area contributed by atoms with Crippen LogP contribution in [0.25, 0.3) is 0 Å². The van der Waals surface area contributed by atoms with Gasteiger partial charge in [0.15, 0.2) is 11.5 Å². The van der Waals surface area contributed by atoms with Crippen molar-refractivity contribution in [3.63, 3.8) is 0 Å². The van der Waals surface area contributed by atoms with Crippen molar-refractivity contribution >= 4 is 28.8 Å². The van der Waals surface area contributed by atoms with Crippen LogP contribution in [-0.4, -0.2) is 59.3 Å². The maximum Gasteiger partial charge on any atom is 0.353 e. The van der Waals surface area contributed by atoms with E-state index < -0.39 is 4.92 Å². The van der Waals surface area contributed by atoms with Gasteiger partial charge in [-0.25, -0.2) is 15.0 Å². The lowest BCUT2D eigenvalue weighted by atomic mass is 10.2. The number of pyridine rings is 1. The van der Waals surface area contributed by atoms with Crippen molar-refractivity contribution in [2.75, 3.05) is 54.5 Å². The Kier molecular flexibility index (Phi) is 5.28. The number of piperazine rings is 1. The molecule has 0 amide bonds. The number of nitrogens with zero attached hydrogens (tertiary/aromatic N) is 6. The van der Waals surface area contributed by atoms with Gasteiger partial charge in [-0.1, -0.05) is 6.07 Å². The largest absolute Gasteiger partial charge is 0.486 e. The maximum absolute atomic E-state index is 12.0. The number of nitrogens with one attached hydrogen (secondary N) is 1. The van der Waals surface area contributed by atoms with E-state index in [4.69, 9.17) is 9.47 Å². The third kappa shape index (κ3) is 3.92. The van der Waals surface area contributed by atoms with Crippen molar-refractivity contribution in [3.05, 3.63) is 59.0 Å². The van der Waals surface area contributed by atoms with Gasteiger partial charge in [0.25, 0.3) is 0 Å². The van der Waals surface area contributed by atoms with Crippen molar-refractivity contribution < 1.29 is 14.4 Å². The predicted octanol–water partition coefficient (Wildman–Crippen LogP) is 2.62. The smallest absolute Gasteiger partial charge is 0.353 e. The third-order valence-corrected chi connectivity index (χ3v) is 5.34. The highest BCUT2D eigenvalue weighted by molar-refractivity contribution is 5.75. The van der Waals surface area contributed by atoms with Crippen LogP contribution in [-0.2, 0) is 0 Å². The summed E-state index contributed by atoms with van der Waals surface area (Å²) < 4.78 is 11.1. The first-order valence-electron chi connectivity index (χ1n) is 10.3. The molecule has 0 radical (unpaired) electrons. The van der Waals surface area contributed by atoms with Crippen molar-refractivity contribution in [3.8, 4) is 11.5 Å². The highest BCUT2D eigenvalue weighted by Gasteiger charge is 2.30. The Bertz CT molecular complexity index is 1120. The minimum absolute atomic E-state index is 0.129. The predicted molar refractivity (Wildman–Crippen MR) is 118 cm³/mol. The molecule has 2 aliphatic rings. The Labute approximate surface area is 183 Å². The molecule has 0 bridgehead atoms. The fourth-order valence-corrected chi connectivity index (χ4v) is 3.81. The maximum atomic E-state index is 12.0. The second-order valence-electron chi connectivity index (χ2n) is 7.30. The van der Waals surface area contributed by atoms with Crippen LogP contribution in [0.2, 0.25) is 0 Å². The number of anilines is 4. The Balaban J connectivity index is 1.38. The van der Waals surface area contributed by atoms with E-state index in [0.29, 0.717) is 62.4 Å². The number of ether oxygens (including phenoxy) is 2. The average Bonchev–Trinajstić information content (AvgIpc) is 2.84. The molecule has 1 fully saturated rings. The van der Waals surface area contributed by atoms with Gasteiger partial charge in [-0.2, -0.15) is 0 Å². The van der Waals surface area contributed by atoms with E-state index in [1.54, 1.807) is 24.4 Å². The first kappa shape index (κ1) is 19.8. The molecule has 0 aliphatic carbocycles. The van der Waals surface area contributed by atoms with E-state index in [9.17, 15) is 10.1 Å². The Hall–Kier alpha value is -4.15. The quantitative estimate of drug-likeness (QED) is 0.473. The van der Waals surface area contributed by atoms with Gasteiger partial charge in [-0.05, 0) is 24.3 Å². The molecule has 1 N–H and O–H groups in total. The highest BCUT2D eigenvalue weighted by atomic mass is 16.6. The lowest BCUT2D eigenvalue weighted by Gasteiger charge is -2.35. The molecule has 0 spiro atoms. The van der Waals surface area contributed by atoms with E-state index in [-0.39, 0.29) is 11.5 Å². The number of nitro groups is 1. The van der Waals surface area contributed by atoms with Gasteiger partial charge in [-0.15, -0.1) is 0 Å². The van der Waals surface area contributed by atoms with Crippen molar-refractivity contribution in [2.45, 2.75) is 0 Å². The van der Waals surface area contributed by atoms with Crippen LogP contribution >= 0.6 is 0 Å². The fourth-order valence-electron chi connectivity index (χ4n) is 3.81. The number of fused-ring (bicyclic) bond motifs is 1. The molecule has 1 saturated heterocycles. The second-order valence-corrected chi connectivity index (χ2v) is 7.30. The van der Waals surface area contributed by atoms with Crippen LogP contribution in [0.3, 0.4) is 0 Å². The third-order valence-electron chi connectivity index (χ3n) is 5.34. The van der Waals surface area contributed by atoms with E-state index >= 15 is 0 Å². The average molecular weight is 435 g/mol. The zero-order valence-electron chi connectivity index (χ0n) is 17.2. The summed E-state index contributed by atoms with van der Waals surface area (Å²) in [6, 6.07) is 11.1. The van der Waals surface area contributed by atoms with Gasteiger partial charge < -0.3 is 24.6 Å². The summed E-state index contributed by atoms with van der Waals surface area (Å²) in [5, 5.41) is 15.0. The van der Waals surface area contributed by atoms with Gasteiger partial charge in [0.2, 0.25) is 11.6 Å². The first-order chi connectivity index (χ1) is 15.7. The van der Waals surface area contributed by atoms with Gasteiger partial charge in [0.05, 0.1) is 4.92 Å². The number of hydrogen-bond acceptors (Lipinski definition) is 10. The van der Waals surface area contributed by atoms with Crippen LogP contribution in [0, 0.1) is 10.1 Å². The zero-order valence-corrected chi connectivity index (χ0v) is 17.2. The minimum Gasteiger partial charge on any atom is -0.486 e. The Morgan fingerprint density at radius 3 is 2.47 bits per heavy atom. The van der Waals surface area contributed by atoms with E-state index in [1.165, 1.54) is 6.33 Å². The molecule has 0 atom stereocenters. The van der Waals surface area contributed by atoms with Gasteiger partial charge in [0.1, 0.15) is 25.4 Å². The summed E-state index contributed by atoms with van der Waals surface area (Å²) in [4.78, 5) is 28.4. The molecule has 164 valence electrons. The molecule has 11 nitrogen and oxygen atoms in total. The van der Waals surface area contributed by atoms with Crippen molar-refractivity contribution in [1.29, 1.82) is 0 Å². The van der Waals surface area contributed by atoms with Crippen LogP contribution in [0.5, 0.6) is 11.5 Å². The van der Waals surface area contributed by atoms with Crippen LogP contribution < -0.4 is 24.6 Å². The summed E-state index contributed by atoms with van der Waals surface area (Å²) in [7, 11) is 0. The summed E-state index contributed by atoms with van der Waals surface area (Å²) in [6.07, 6.45) is 3.10. The van der Waals surface area contributed by atoms with Crippen LogP contribution in [0.1, 0.15) is 0 Å². The fraction of sp³-hybridized carbons (Fsp3) is 0.286. The molecule has 1 aromatic carbocycles. The topological polar surface area (TPSA) is 119 Å². The minimum atomic E-state index is -0.444. The zero-order chi connectivity index (χ0) is 21.9. The second kappa shape index (κ2) is 8.53. The van der Waals surface area contributed by atoms with E-state index in [2.05, 4.69) is 25.2 Å². The first-order valence-corrected chi connectivity index (χ1v) is 10.3. The standard InChI is InChI=1S/C21H21N7O4/c29-28(30)19-20(25-15-4-5-16-17(13-15)32-12-11-31-16)23-14-24-21(19)27-9-7-26(8-10-27)18-3-1-2-6-22-18/h1-6,13-14H,7-12H2,(H,23,24,25). The van der Waals surface area contributed by atoms with E-state index in [1.807, 2.05) is 23.1 Å². The van der Waals surface area contributed by atoms with Crippen molar-refractivity contribution in [2.24, 2.45) is 0 Å². The molecule has 2 aliphatic heterocycles. The molecule has 4 heterocycles. The van der Waals surface area contributed by atoms with Gasteiger partial charge in [0, 0.05) is 44.1 Å². The number of benzene rings is 1. The van der Waals surface area contributed by atoms with Crippen LogP contribution in [0.15, 0.2) is 48.9 Å². The molecule has 0 saturated carbocycles. The summed E-state index contributed by atoms with van der Waals surface area (Å²) in [5.74, 6) is 2.55. The number of hydrogen-bond donors (Lipinski definition) is 1. The summed E-state index contributed by atoms with van der Waals surface area (Å²) >= 11 is 0. The SMILES string of the molecule is O=[N+]([O-])c1c(Nc2ccc3c(c2)OCCO3)ncnc1N1CCN(c2ccccn2)CC1. The molecule has 5 rings (SSSR count). The number of aromatic nitrogens is 3. The molecular weight excluding hydrogens is 414 g/mol. The Morgan fingerprint density at radius 1 is 0.938 bits per heavy atom. The lowest BCUT2D eigenvalue weighted by Crippen LogP contribution is -2.47. The van der Waals surface area contributed by atoms with E-state index in [0.717, 1.165) is 5.82 Å². The normalized spacial score (nSPS) is 15.4. The van der Waals surface area contributed by atoms with Gasteiger partial charge in [-0.3, -0.25) is 10.1 Å².